The third-order valence-corrected chi connectivity index (χ3v) is 3.03. The molecule has 0 aromatic heterocycles. The smallest absolute Gasteiger partial charge is 0.0693 e. The minimum Gasteiger partial charge on any atom is -0.392 e. The van der Waals surface area contributed by atoms with Gasteiger partial charge in [-0.15, -0.1) is 0 Å². The summed E-state index contributed by atoms with van der Waals surface area (Å²) in [4.78, 5) is 0. The maximum atomic E-state index is 9.49. The molecule has 0 radical (unpaired) electrons. The lowest BCUT2D eigenvalue weighted by Crippen LogP contribution is -2.45. The van der Waals surface area contributed by atoms with Gasteiger partial charge in [0, 0.05) is 12.1 Å². The van der Waals surface area contributed by atoms with Crippen LogP contribution >= 0.6 is 0 Å². The average Bonchev–Trinajstić information content (AvgIpc) is 2.27. The fraction of sp³-hybridized carbons (Fsp3) is 1.00. The van der Waals surface area contributed by atoms with E-state index in [4.69, 9.17) is 0 Å². The van der Waals surface area contributed by atoms with Crippen molar-refractivity contribution in [2.75, 3.05) is 0 Å². The van der Waals surface area contributed by atoms with Crippen molar-refractivity contribution < 1.29 is 5.11 Å². The lowest BCUT2D eigenvalue weighted by Gasteiger charge is -2.31. The predicted octanol–water partition coefficient (Wildman–Crippen LogP) is 1.04. The first-order chi connectivity index (χ1) is 5.36. The first-order valence-corrected chi connectivity index (χ1v) is 4.80. The fourth-order valence-electron chi connectivity index (χ4n) is 2.01. The molecular weight excluding hydrogens is 138 g/mol. The number of hydrogen-bond acceptors (Lipinski definition) is 2. The Hall–Kier alpha value is -0.0800. The van der Waals surface area contributed by atoms with Gasteiger partial charge in [-0.2, -0.15) is 0 Å². The molecule has 2 rings (SSSR count). The van der Waals surface area contributed by atoms with Gasteiger partial charge >= 0.3 is 0 Å². The highest BCUT2D eigenvalue weighted by atomic mass is 16.3. The largest absolute Gasteiger partial charge is 0.392 e. The van der Waals surface area contributed by atoms with E-state index in [1.54, 1.807) is 0 Å². The molecule has 0 amide bonds. The molecule has 0 bridgehead atoms. The molecule has 2 nitrogen and oxygen atoms in total. The summed E-state index contributed by atoms with van der Waals surface area (Å²) in [6.45, 7) is 0. The number of aliphatic hydroxyl groups is 1. The van der Waals surface area contributed by atoms with Gasteiger partial charge in [0.15, 0.2) is 0 Å². The van der Waals surface area contributed by atoms with Crippen LogP contribution in [0.15, 0.2) is 0 Å². The van der Waals surface area contributed by atoms with Crippen LogP contribution in [0.1, 0.15) is 38.5 Å². The Balaban J connectivity index is 1.75. The fourth-order valence-corrected chi connectivity index (χ4v) is 2.01. The van der Waals surface area contributed by atoms with E-state index in [9.17, 15) is 5.11 Å². The Morgan fingerprint density at radius 1 is 1.00 bits per heavy atom. The van der Waals surface area contributed by atoms with Gasteiger partial charge < -0.3 is 10.4 Å². The zero-order chi connectivity index (χ0) is 7.68. The summed E-state index contributed by atoms with van der Waals surface area (Å²) in [6, 6.07) is 1.15. The molecule has 0 spiro atoms. The van der Waals surface area contributed by atoms with Gasteiger partial charge in [-0.1, -0.05) is 6.42 Å². The van der Waals surface area contributed by atoms with E-state index >= 15 is 0 Å². The molecule has 2 saturated carbocycles. The van der Waals surface area contributed by atoms with Gasteiger partial charge in [0.25, 0.3) is 0 Å². The van der Waals surface area contributed by atoms with Crippen molar-refractivity contribution in [3.63, 3.8) is 0 Å². The second-order valence-corrected chi connectivity index (χ2v) is 3.90. The lowest BCUT2D eigenvalue weighted by molar-refractivity contribution is 0.133. The highest BCUT2D eigenvalue weighted by Gasteiger charge is 2.28. The molecule has 2 N–H and O–H groups in total. The monoisotopic (exact) mass is 155 g/mol. The van der Waals surface area contributed by atoms with Crippen molar-refractivity contribution in [3.8, 4) is 0 Å². The molecule has 0 saturated heterocycles. The first-order valence-electron chi connectivity index (χ1n) is 4.80. The van der Waals surface area contributed by atoms with E-state index in [-0.39, 0.29) is 6.10 Å². The van der Waals surface area contributed by atoms with Gasteiger partial charge in [-0.3, -0.25) is 0 Å². The number of hydrogen-bond donors (Lipinski definition) is 2. The highest BCUT2D eigenvalue weighted by Crippen LogP contribution is 2.24. The van der Waals surface area contributed by atoms with Gasteiger partial charge in [0.05, 0.1) is 6.10 Å². The Kier molecular flexibility index (Phi) is 2.14. The van der Waals surface area contributed by atoms with Gasteiger partial charge in [0.1, 0.15) is 0 Å². The molecule has 2 atom stereocenters. The Morgan fingerprint density at radius 2 is 1.73 bits per heavy atom. The van der Waals surface area contributed by atoms with Crippen LogP contribution in [0.5, 0.6) is 0 Å². The van der Waals surface area contributed by atoms with Crippen LogP contribution in [0.4, 0.5) is 0 Å². The summed E-state index contributed by atoms with van der Waals surface area (Å²) in [5, 5.41) is 13.0. The van der Waals surface area contributed by atoms with E-state index in [1.165, 1.54) is 32.1 Å². The van der Waals surface area contributed by atoms with Crippen LogP contribution in [0, 0.1) is 0 Å². The molecule has 2 heteroatoms. The molecule has 64 valence electrons. The third-order valence-electron chi connectivity index (χ3n) is 3.03. The van der Waals surface area contributed by atoms with E-state index in [2.05, 4.69) is 5.32 Å². The minimum atomic E-state index is -0.0596. The first kappa shape index (κ1) is 7.56. The summed E-state index contributed by atoms with van der Waals surface area (Å²) in [5.41, 5.74) is 0. The number of aliphatic hydroxyl groups excluding tert-OH is 1. The van der Waals surface area contributed by atoms with E-state index in [0.717, 1.165) is 12.5 Å². The molecule has 0 heterocycles. The summed E-state index contributed by atoms with van der Waals surface area (Å²) in [7, 11) is 0. The van der Waals surface area contributed by atoms with Crippen molar-refractivity contribution >= 4 is 0 Å². The quantitative estimate of drug-likeness (QED) is 0.624. The molecular formula is C9H17NO. The van der Waals surface area contributed by atoms with Crippen molar-refractivity contribution in [1.82, 2.24) is 5.32 Å². The summed E-state index contributed by atoms with van der Waals surface area (Å²) in [6.07, 6.45) is 7.34. The molecule has 2 aliphatic rings. The second-order valence-electron chi connectivity index (χ2n) is 3.90. The van der Waals surface area contributed by atoms with E-state index in [0.29, 0.717) is 6.04 Å². The summed E-state index contributed by atoms with van der Waals surface area (Å²) in [5.74, 6) is 0. The lowest BCUT2D eigenvalue weighted by atomic mass is 9.92. The number of nitrogens with one attached hydrogen (secondary N) is 1. The molecule has 11 heavy (non-hydrogen) atoms. The van der Waals surface area contributed by atoms with Crippen molar-refractivity contribution in [3.05, 3.63) is 0 Å². The zero-order valence-corrected chi connectivity index (χ0v) is 6.92. The predicted molar refractivity (Wildman–Crippen MR) is 44.4 cm³/mol. The van der Waals surface area contributed by atoms with Crippen molar-refractivity contribution in [2.24, 2.45) is 0 Å². The minimum absolute atomic E-state index is 0.0596. The van der Waals surface area contributed by atoms with Gasteiger partial charge in [-0.25, -0.2) is 0 Å². The molecule has 0 unspecified atom stereocenters. The highest BCUT2D eigenvalue weighted by molar-refractivity contribution is 4.88. The van der Waals surface area contributed by atoms with Crippen molar-refractivity contribution in [1.29, 1.82) is 0 Å². The topological polar surface area (TPSA) is 32.3 Å². The molecule has 0 aliphatic heterocycles. The molecule has 0 aromatic carbocycles. The van der Waals surface area contributed by atoms with Crippen LogP contribution in [-0.4, -0.2) is 23.3 Å². The Bertz CT molecular complexity index is 134. The summed E-state index contributed by atoms with van der Waals surface area (Å²) >= 11 is 0. The Labute approximate surface area is 68.0 Å². The van der Waals surface area contributed by atoms with Crippen LogP contribution in [0.3, 0.4) is 0 Å². The molecule has 0 aromatic rings. The van der Waals surface area contributed by atoms with Crippen molar-refractivity contribution in [2.45, 2.75) is 56.7 Å². The van der Waals surface area contributed by atoms with E-state index in [1.807, 2.05) is 0 Å². The standard InChI is InChI=1S/C9H17NO/c11-9-6-2-5-8(9)10-7-3-1-4-7/h7-11H,1-6H2/t8-,9-/m0/s1. The summed E-state index contributed by atoms with van der Waals surface area (Å²) < 4.78 is 0. The third kappa shape index (κ3) is 1.57. The maximum absolute atomic E-state index is 9.49. The normalized spacial score (nSPS) is 39.0. The average molecular weight is 155 g/mol. The van der Waals surface area contributed by atoms with E-state index < -0.39 is 0 Å². The van der Waals surface area contributed by atoms with Crippen LogP contribution in [0.2, 0.25) is 0 Å². The number of rotatable bonds is 2. The Morgan fingerprint density at radius 3 is 2.18 bits per heavy atom. The SMILES string of the molecule is O[C@H]1CCC[C@@H]1NC1CCC1. The van der Waals surface area contributed by atoms with Crippen LogP contribution in [0.25, 0.3) is 0 Å². The van der Waals surface area contributed by atoms with Gasteiger partial charge in [0.2, 0.25) is 0 Å². The van der Waals surface area contributed by atoms with Gasteiger partial charge in [-0.05, 0) is 32.1 Å². The molecule has 2 fully saturated rings. The maximum Gasteiger partial charge on any atom is 0.0693 e. The second kappa shape index (κ2) is 3.11. The van der Waals surface area contributed by atoms with Crippen LogP contribution < -0.4 is 5.32 Å². The van der Waals surface area contributed by atoms with Crippen LogP contribution in [-0.2, 0) is 0 Å². The molecule has 2 aliphatic carbocycles. The zero-order valence-electron chi connectivity index (χ0n) is 6.92.